The van der Waals surface area contributed by atoms with Gasteiger partial charge in [-0.1, -0.05) is 31.2 Å². The number of ether oxygens (including phenoxy) is 1. The minimum Gasteiger partial charge on any atom is -0.494 e. The average Bonchev–Trinajstić information content (AvgIpc) is 2.60. The number of aryl methyl sites for hydroxylation is 1. The molecule has 0 aliphatic carbocycles. The number of hydrogen-bond acceptors (Lipinski definition) is 3. The van der Waals surface area contributed by atoms with Crippen molar-refractivity contribution in [3.05, 3.63) is 59.7 Å². The third-order valence-corrected chi connectivity index (χ3v) is 3.79. The second-order valence-electron chi connectivity index (χ2n) is 5.72. The van der Waals surface area contributed by atoms with Gasteiger partial charge in [-0.05, 0) is 48.2 Å². The van der Waals surface area contributed by atoms with Gasteiger partial charge in [0.05, 0.1) is 13.0 Å². The van der Waals surface area contributed by atoms with Crippen LogP contribution >= 0.6 is 0 Å². The van der Waals surface area contributed by atoms with Crippen LogP contribution in [-0.4, -0.2) is 23.6 Å². The zero-order valence-electron chi connectivity index (χ0n) is 14.3. The van der Waals surface area contributed by atoms with Gasteiger partial charge in [-0.2, -0.15) is 0 Å². The minimum atomic E-state index is -0.827. The van der Waals surface area contributed by atoms with Crippen molar-refractivity contribution >= 4 is 17.6 Å². The van der Waals surface area contributed by atoms with Crippen molar-refractivity contribution in [3.63, 3.8) is 0 Å². The number of carboxylic acid groups (broad SMARTS) is 1. The van der Waals surface area contributed by atoms with Gasteiger partial charge in [0.1, 0.15) is 5.75 Å². The normalized spacial score (nSPS) is 10.3. The maximum atomic E-state index is 12.2. The third-order valence-electron chi connectivity index (χ3n) is 3.79. The molecule has 0 atom stereocenters. The van der Waals surface area contributed by atoms with E-state index in [1.165, 1.54) is 5.56 Å². The zero-order chi connectivity index (χ0) is 18.1. The molecule has 5 nitrogen and oxygen atoms in total. The highest BCUT2D eigenvalue weighted by molar-refractivity contribution is 5.92. The molecule has 0 aliphatic rings. The van der Waals surface area contributed by atoms with Crippen molar-refractivity contribution in [2.75, 3.05) is 11.9 Å². The van der Waals surface area contributed by atoms with Gasteiger partial charge in [-0.25, -0.2) is 0 Å². The van der Waals surface area contributed by atoms with E-state index in [9.17, 15) is 9.59 Å². The molecule has 0 heterocycles. The van der Waals surface area contributed by atoms with Gasteiger partial charge in [0, 0.05) is 12.1 Å². The quantitative estimate of drug-likeness (QED) is 0.682. The lowest BCUT2D eigenvalue weighted by Crippen LogP contribution is -2.15. The molecule has 0 aromatic heterocycles. The van der Waals surface area contributed by atoms with E-state index in [1.54, 1.807) is 24.3 Å². The monoisotopic (exact) mass is 341 g/mol. The molecule has 0 unspecified atom stereocenters. The summed E-state index contributed by atoms with van der Waals surface area (Å²) in [5.41, 5.74) is 2.93. The number of anilines is 1. The minimum absolute atomic E-state index is 0.0592. The molecule has 5 heteroatoms. The Morgan fingerprint density at radius 1 is 1.04 bits per heavy atom. The molecule has 0 bridgehead atoms. The van der Waals surface area contributed by atoms with Crippen LogP contribution in [0.1, 0.15) is 30.9 Å². The Morgan fingerprint density at radius 2 is 1.72 bits per heavy atom. The smallest absolute Gasteiger partial charge is 0.303 e. The molecule has 1 amide bonds. The predicted octanol–water partition coefficient (Wildman–Crippen LogP) is 3.67. The second kappa shape index (κ2) is 9.47. The third kappa shape index (κ3) is 6.30. The summed E-state index contributed by atoms with van der Waals surface area (Å²) in [4.78, 5) is 22.6. The van der Waals surface area contributed by atoms with Crippen molar-refractivity contribution in [1.29, 1.82) is 0 Å². The first kappa shape index (κ1) is 18.5. The number of hydrogen-bond donors (Lipinski definition) is 2. The number of carboxylic acids is 1. The number of amides is 1. The van der Waals surface area contributed by atoms with Crippen LogP contribution in [0.3, 0.4) is 0 Å². The summed E-state index contributed by atoms with van der Waals surface area (Å²) in [5.74, 6) is -0.234. The van der Waals surface area contributed by atoms with Crippen molar-refractivity contribution < 1.29 is 19.4 Å². The van der Waals surface area contributed by atoms with Crippen molar-refractivity contribution in [2.45, 2.75) is 32.6 Å². The lowest BCUT2D eigenvalue weighted by Gasteiger charge is -2.10. The molecule has 0 fully saturated rings. The predicted molar refractivity (Wildman–Crippen MR) is 97.0 cm³/mol. The second-order valence-corrected chi connectivity index (χ2v) is 5.72. The molecular formula is C20H23NO4. The molecule has 0 saturated carbocycles. The first-order valence-corrected chi connectivity index (χ1v) is 8.39. The van der Waals surface area contributed by atoms with Crippen LogP contribution in [-0.2, 0) is 22.4 Å². The Morgan fingerprint density at radius 3 is 2.36 bits per heavy atom. The molecule has 2 aromatic rings. The SMILES string of the molecule is CCc1ccccc1CC(=O)Nc1ccc(OCCCC(=O)O)cc1. The van der Waals surface area contributed by atoms with Crippen LogP contribution in [0.2, 0.25) is 0 Å². The van der Waals surface area contributed by atoms with E-state index < -0.39 is 5.97 Å². The number of nitrogens with one attached hydrogen (secondary N) is 1. The van der Waals surface area contributed by atoms with Gasteiger partial charge in [-0.15, -0.1) is 0 Å². The summed E-state index contributed by atoms with van der Waals surface area (Å²) >= 11 is 0. The molecule has 2 N–H and O–H groups in total. The molecule has 132 valence electrons. The van der Waals surface area contributed by atoms with Gasteiger partial charge < -0.3 is 15.2 Å². The van der Waals surface area contributed by atoms with Gasteiger partial charge in [0.15, 0.2) is 0 Å². The number of benzene rings is 2. The topological polar surface area (TPSA) is 75.6 Å². The highest BCUT2D eigenvalue weighted by Crippen LogP contribution is 2.17. The van der Waals surface area contributed by atoms with Crippen molar-refractivity contribution in [3.8, 4) is 5.75 Å². The fourth-order valence-electron chi connectivity index (χ4n) is 2.50. The number of rotatable bonds is 9. The van der Waals surface area contributed by atoms with Crippen LogP contribution in [0, 0.1) is 0 Å². The fourth-order valence-corrected chi connectivity index (χ4v) is 2.50. The lowest BCUT2D eigenvalue weighted by atomic mass is 10.0. The van der Waals surface area contributed by atoms with E-state index in [-0.39, 0.29) is 12.3 Å². The number of carbonyl (C=O) groups is 2. The highest BCUT2D eigenvalue weighted by Gasteiger charge is 2.07. The maximum absolute atomic E-state index is 12.2. The van der Waals surface area contributed by atoms with Crippen molar-refractivity contribution in [1.82, 2.24) is 0 Å². The summed E-state index contributed by atoms with van der Waals surface area (Å²) < 4.78 is 5.47. The van der Waals surface area contributed by atoms with Crippen LogP contribution in [0.25, 0.3) is 0 Å². The fraction of sp³-hybridized carbons (Fsp3) is 0.300. The Kier molecular flexibility index (Phi) is 7.01. The van der Waals surface area contributed by atoms with E-state index in [0.717, 1.165) is 12.0 Å². The lowest BCUT2D eigenvalue weighted by molar-refractivity contribution is -0.137. The molecule has 0 radical (unpaired) electrons. The van der Waals surface area contributed by atoms with Crippen LogP contribution < -0.4 is 10.1 Å². The highest BCUT2D eigenvalue weighted by atomic mass is 16.5. The summed E-state index contributed by atoms with van der Waals surface area (Å²) in [5, 5.41) is 11.5. The molecule has 0 spiro atoms. The Balaban J connectivity index is 1.84. The first-order valence-electron chi connectivity index (χ1n) is 8.39. The summed E-state index contributed by atoms with van der Waals surface area (Å²) in [6, 6.07) is 15.0. The summed E-state index contributed by atoms with van der Waals surface area (Å²) in [6.07, 6.45) is 1.80. The van der Waals surface area contributed by atoms with Crippen LogP contribution in [0.15, 0.2) is 48.5 Å². The van der Waals surface area contributed by atoms with Gasteiger partial charge >= 0.3 is 5.97 Å². The molecule has 25 heavy (non-hydrogen) atoms. The number of aliphatic carboxylic acids is 1. The number of carbonyl (C=O) groups excluding carboxylic acids is 1. The molecule has 0 saturated heterocycles. The standard InChI is InChI=1S/C20H23NO4/c1-2-15-6-3-4-7-16(15)14-19(22)21-17-9-11-18(12-10-17)25-13-5-8-20(23)24/h3-4,6-7,9-12H,2,5,8,13-14H2,1H3,(H,21,22)(H,23,24). The van der Waals surface area contributed by atoms with Crippen molar-refractivity contribution in [2.24, 2.45) is 0 Å². The molecular weight excluding hydrogens is 318 g/mol. The molecule has 0 aliphatic heterocycles. The molecule has 2 aromatic carbocycles. The first-order chi connectivity index (χ1) is 12.1. The van der Waals surface area contributed by atoms with E-state index in [2.05, 4.69) is 12.2 Å². The Hall–Kier alpha value is -2.82. The Labute approximate surface area is 147 Å². The van der Waals surface area contributed by atoms with Gasteiger partial charge in [0.2, 0.25) is 5.91 Å². The van der Waals surface area contributed by atoms with Gasteiger partial charge in [-0.3, -0.25) is 9.59 Å². The maximum Gasteiger partial charge on any atom is 0.303 e. The van der Waals surface area contributed by atoms with E-state index in [1.807, 2.05) is 24.3 Å². The zero-order valence-corrected chi connectivity index (χ0v) is 14.3. The summed E-state index contributed by atoms with van der Waals surface area (Å²) in [6.45, 7) is 2.43. The molecule has 2 rings (SSSR count). The average molecular weight is 341 g/mol. The van der Waals surface area contributed by atoms with Gasteiger partial charge in [0.25, 0.3) is 0 Å². The largest absolute Gasteiger partial charge is 0.494 e. The van der Waals surface area contributed by atoms with Crippen LogP contribution in [0.5, 0.6) is 5.75 Å². The van der Waals surface area contributed by atoms with E-state index >= 15 is 0 Å². The summed E-state index contributed by atoms with van der Waals surface area (Å²) in [7, 11) is 0. The Bertz CT molecular complexity index is 710. The van der Waals surface area contributed by atoms with Crippen LogP contribution in [0.4, 0.5) is 5.69 Å². The van der Waals surface area contributed by atoms with E-state index in [4.69, 9.17) is 9.84 Å². The van der Waals surface area contributed by atoms with E-state index in [0.29, 0.717) is 30.9 Å².